The first kappa shape index (κ1) is 23.7. The number of likely N-dealkylation sites (tertiary alicyclic amines) is 1. The second-order valence-electron chi connectivity index (χ2n) is 10.7. The molecule has 0 radical (unpaired) electrons. The van der Waals surface area contributed by atoms with E-state index in [4.69, 9.17) is 5.73 Å². The lowest BCUT2D eigenvalue weighted by molar-refractivity contribution is -0.00513. The van der Waals surface area contributed by atoms with Gasteiger partial charge in [-0.3, -0.25) is 0 Å². The molecule has 2 saturated carbocycles. The first-order valence-electron chi connectivity index (χ1n) is 12.3. The van der Waals surface area contributed by atoms with Crippen molar-refractivity contribution in [2.45, 2.75) is 25.7 Å². The second kappa shape index (κ2) is 9.53. The standard InChI is InChI=1S/C28H35IN4O/c1-3-4-21(9-10-29)22-6-8-25(30)26(12-22)31-27(34)33-16-20(17-33)15-32(2)18-28-13-19-5-7-24(28)23(11-19)14-28/h3-4,6-10,12,19-20,23H,1,5,11,13-18,30H2,2H3,(H,31,34)/b10-9-,21-4+. The average Bonchev–Trinajstić information content (AvgIpc) is 2.77. The van der Waals surface area contributed by atoms with Crippen molar-refractivity contribution in [3.05, 3.63) is 64.3 Å². The predicted octanol–water partition coefficient (Wildman–Crippen LogP) is 5.93. The van der Waals surface area contributed by atoms with Crippen molar-refractivity contribution in [1.29, 1.82) is 0 Å². The molecule has 3 unspecified atom stereocenters. The molecule has 6 rings (SSSR count). The van der Waals surface area contributed by atoms with Crippen molar-refractivity contribution in [3.8, 4) is 0 Å². The van der Waals surface area contributed by atoms with Gasteiger partial charge < -0.3 is 20.9 Å². The summed E-state index contributed by atoms with van der Waals surface area (Å²) >= 11 is 2.20. The topological polar surface area (TPSA) is 61.6 Å². The number of urea groups is 1. The van der Waals surface area contributed by atoms with Gasteiger partial charge in [0.05, 0.1) is 11.4 Å². The van der Waals surface area contributed by atoms with Crippen LogP contribution in [0.5, 0.6) is 0 Å². The summed E-state index contributed by atoms with van der Waals surface area (Å²) in [5.74, 6) is 2.37. The Kier molecular flexibility index (Phi) is 6.64. The van der Waals surface area contributed by atoms with Crippen molar-refractivity contribution in [2.24, 2.45) is 23.2 Å². The van der Waals surface area contributed by atoms with E-state index in [0.717, 1.165) is 42.6 Å². The SMILES string of the molecule is C=C/C=C(\C=C/I)c1ccc(N)c(NC(=O)N2CC(CN(C)CC34CC5CC=C3C(C5)C4)C2)c1. The van der Waals surface area contributed by atoms with Gasteiger partial charge in [-0.05, 0) is 78.0 Å². The van der Waals surface area contributed by atoms with Crippen molar-refractivity contribution in [3.63, 3.8) is 0 Å². The molecule has 5 nitrogen and oxygen atoms in total. The van der Waals surface area contributed by atoms with Crippen LogP contribution in [0.25, 0.3) is 5.57 Å². The molecule has 4 aliphatic carbocycles. The Labute approximate surface area is 217 Å². The van der Waals surface area contributed by atoms with Crippen molar-refractivity contribution in [1.82, 2.24) is 9.80 Å². The minimum atomic E-state index is -0.0726. The molecular weight excluding hydrogens is 535 g/mol. The zero-order valence-corrected chi connectivity index (χ0v) is 22.1. The molecule has 6 heteroatoms. The fraction of sp³-hybridized carbons (Fsp3) is 0.464. The van der Waals surface area contributed by atoms with E-state index in [1.165, 1.54) is 32.2 Å². The molecule has 1 aliphatic heterocycles. The van der Waals surface area contributed by atoms with E-state index in [0.29, 0.717) is 22.7 Å². The summed E-state index contributed by atoms with van der Waals surface area (Å²) in [5, 5.41) is 3.02. The molecule has 1 saturated heterocycles. The third-order valence-corrected chi connectivity index (χ3v) is 8.57. The van der Waals surface area contributed by atoms with Gasteiger partial charge in [-0.1, -0.05) is 59.0 Å². The summed E-state index contributed by atoms with van der Waals surface area (Å²) in [6, 6.07) is 5.66. The van der Waals surface area contributed by atoms with Gasteiger partial charge in [0.15, 0.2) is 0 Å². The van der Waals surface area contributed by atoms with E-state index in [-0.39, 0.29) is 6.03 Å². The maximum atomic E-state index is 12.9. The van der Waals surface area contributed by atoms with Gasteiger partial charge in [0.25, 0.3) is 0 Å². The molecule has 5 aliphatic rings. The van der Waals surface area contributed by atoms with Crippen LogP contribution in [0.1, 0.15) is 31.2 Å². The quantitative estimate of drug-likeness (QED) is 0.176. The van der Waals surface area contributed by atoms with Crippen molar-refractivity contribution in [2.75, 3.05) is 44.3 Å². The lowest BCUT2D eigenvalue weighted by atomic mass is 9.45. The van der Waals surface area contributed by atoms with E-state index in [1.54, 1.807) is 11.6 Å². The van der Waals surface area contributed by atoms with E-state index in [2.05, 4.69) is 52.5 Å². The van der Waals surface area contributed by atoms with E-state index in [1.807, 2.05) is 39.3 Å². The van der Waals surface area contributed by atoms with Crippen LogP contribution in [0.3, 0.4) is 0 Å². The molecule has 34 heavy (non-hydrogen) atoms. The largest absolute Gasteiger partial charge is 0.397 e. The lowest BCUT2D eigenvalue weighted by Crippen LogP contribution is -2.58. The van der Waals surface area contributed by atoms with Crippen molar-refractivity contribution < 1.29 is 4.79 Å². The molecule has 1 aromatic rings. The Morgan fingerprint density at radius 1 is 1.38 bits per heavy atom. The highest BCUT2D eigenvalue weighted by molar-refractivity contribution is 14.1. The van der Waals surface area contributed by atoms with E-state index < -0.39 is 0 Å². The summed E-state index contributed by atoms with van der Waals surface area (Å²) in [5.41, 5.74) is 11.7. The van der Waals surface area contributed by atoms with Gasteiger partial charge in [-0.25, -0.2) is 4.79 Å². The molecule has 3 N–H and O–H groups in total. The summed E-state index contributed by atoms with van der Waals surface area (Å²) in [6.45, 7) is 7.64. The lowest BCUT2D eigenvalue weighted by Gasteiger charge is -2.62. The number of benzene rings is 1. The third kappa shape index (κ3) is 4.47. The second-order valence-corrected chi connectivity index (χ2v) is 11.5. The van der Waals surface area contributed by atoms with Crippen LogP contribution in [0.2, 0.25) is 0 Å². The number of amides is 2. The smallest absolute Gasteiger partial charge is 0.321 e. The molecular formula is C28H35IN4O. The number of allylic oxidation sites excluding steroid dienone is 5. The highest BCUT2D eigenvalue weighted by atomic mass is 127. The molecule has 1 aromatic carbocycles. The van der Waals surface area contributed by atoms with Crippen LogP contribution < -0.4 is 11.1 Å². The summed E-state index contributed by atoms with van der Waals surface area (Å²) in [6.07, 6.45) is 13.8. The van der Waals surface area contributed by atoms with Crippen LogP contribution in [0.4, 0.5) is 16.2 Å². The minimum Gasteiger partial charge on any atom is -0.397 e. The van der Waals surface area contributed by atoms with Gasteiger partial charge in [0, 0.05) is 37.5 Å². The number of halogens is 1. The number of fused-ring (bicyclic) bond motifs is 1. The number of nitrogen functional groups attached to an aromatic ring is 1. The maximum absolute atomic E-state index is 12.9. The highest BCUT2D eigenvalue weighted by Crippen LogP contribution is 2.65. The summed E-state index contributed by atoms with van der Waals surface area (Å²) < 4.78 is 1.96. The van der Waals surface area contributed by atoms with Crippen LogP contribution in [-0.2, 0) is 0 Å². The van der Waals surface area contributed by atoms with Crippen LogP contribution in [0, 0.1) is 23.2 Å². The highest BCUT2D eigenvalue weighted by Gasteiger charge is 2.56. The average molecular weight is 571 g/mol. The van der Waals surface area contributed by atoms with E-state index >= 15 is 0 Å². The zero-order chi connectivity index (χ0) is 23.9. The Balaban J connectivity index is 1.13. The number of anilines is 2. The molecule has 3 atom stereocenters. The fourth-order valence-electron chi connectivity index (χ4n) is 6.88. The monoisotopic (exact) mass is 570 g/mol. The number of nitrogens with one attached hydrogen (secondary N) is 1. The van der Waals surface area contributed by atoms with Gasteiger partial charge in [0.2, 0.25) is 0 Å². The van der Waals surface area contributed by atoms with Crippen LogP contribution in [0.15, 0.2) is 58.7 Å². The Morgan fingerprint density at radius 2 is 2.21 bits per heavy atom. The van der Waals surface area contributed by atoms with Gasteiger partial charge in [0.1, 0.15) is 0 Å². The Hall–Kier alpha value is -2.06. The summed E-state index contributed by atoms with van der Waals surface area (Å²) in [7, 11) is 2.26. The molecule has 0 aromatic heterocycles. The molecule has 2 amide bonds. The number of carbonyl (C=O) groups is 1. The van der Waals surface area contributed by atoms with Gasteiger partial charge in [-0.15, -0.1) is 0 Å². The number of nitrogens with two attached hydrogens (primary N) is 1. The first-order valence-corrected chi connectivity index (χ1v) is 13.6. The van der Waals surface area contributed by atoms with Crippen LogP contribution in [-0.4, -0.2) is 49.1 Å². The molecule has 180 valence electrons. The number of nitrogens with zero attached hydrogens (tertiary/aromatic N) is 2. The van der Waals surface area contributed by atoms with Gasteiger partial charge in [-0.2, -0.15) is 0 Å². The maximum Gasteiger partial charge on any atom is 0.321 e. The van der Waals surface area contributed by atoms with E-state index in [9.17, 15) is 4.79 Å². The Morgan fingerprint density at radius 3 is 2.88 bits per heavy atom. The number of rotatable bonds is 8. The number of hydrogen-bond acceptors (Lipinski definition) is 3. The number of carbonyl (C=O) groups excluding carboxylic acids is 1. The summed E-state index contributed by atoms with van der Waals surface area (Å²) in [4.78, 5) is 17.3. The van der Waals surface area contributed by atoms with Crippen molar-refractivity contribution >= 4 is 45.6 Å². The van der Waals surface area contributed by atoms with Crippen LogP contribution >= 0.6 is 22.6 Å². The normalized spacial score (nSPS) is 28.0. The Bertz CT molecular complexity index is 1070. The predicted molar refractivity (Wildman–Crippen MR) is 150 cm³/mol. The molecule has 0 spiro atoms. The zero-order valence-electron chi connectivity index (χ0n) is 20.0. The fourth-order valence-corrected chi connectivity index (χ4v) is 7.27. The first-order chi connectivity index (χ1) is 16.4. The van der Waals surface area contributed by atoms with Gasteiger partial charge >= 0.3 is 6.03 Å². The molecule has 3 fully saturated rings. The molecule has 1 heterocycles. The number of hydrogen-bond donors (Lipinski definition) is 2. The third-order valence-electron chi connectivity index (χ3n) is 8.21. The minimum absolute atomic E-state index is 0.0726. The molecule has 4 bridgehead atoms.